The number of rotatable bonds is 5. The maximum atomic E-state index is 12.9. The Bertz CT molecular complexity index is 1200. The van der Waals surface area contributed by atoms with Crippen LogP contribution in [0.1, 0.15) is 5.56 Å². The quantitative estimate of drug-likeness (QED) is 0.462. The van der Waals surface area contributed by atoms with Gasteiger partial charge in [0, 0.05) is 16.5 Å². The van der Waals surface area contributed by atoms with Crippen LogP contribution in [0.5, 0.6) is 5.75 Å². The van der Waals surface area contributed by atoms with E-state index >= 15 is 0 Å². The molecule has 2 heterocycles. The molecule has 0 N–H and O–H groups in total. The summed E-state index contributed by atoms with van der Waals surface area (Å²) in [5.74, 6) is -0.0242. The average Bonchev–Trinajstić information content (AvgIpc) is 3.14. The predicted octanol–water partition coefficient (Wildman–Crippen LogP) is 4.61. The third-order valence-electron chi connectivity index (χ3n) is 4.02. The van der Waals surface area contributed by atoms with Crippen LogP contribution in [0, 0.1) is 0 Å². The van der Waals surface area contributed by atoms with E-state index in [1.54, 1.807) is 18.2 Å². The number of para-hydroxylation sites is 1. The van der Waals surface area contributed by atoms with E-state index < -0.39 is 6.61 Å². The van der Waals surface area contributed by atoms with Crippen molar-refractivity contribution in [3.8, 4) is 16.9 Å². The van der Waals surface area contributed by atoms with Crippen LogP contribution in [0.2, 0.25) is 0 Å². The number of aromatic nitrogens is 2. The molecule has 0 saturated heterocycles. The molecule has 8 heteroatoms. The fourth-order valence-corrected chi connectivity index (χ4v) is 3.66. The standard InChI is InChI=1S/C20H13F2N3O2S/c21-20(22)27-16-9-5-4-8-14(16)10-24-25-12-23-18-17(19(25)26)15(11-28-18)13-6-2-1-3-7-13/h1-12,20H/b24-10+. The van der Waals surface area contributed by atoms with Crippen LogP contribution in [0.3, 0.4) is 0 Å². The zero-order valence-electron chi connectivity index (χ0n) is 14.3. The maximum Gasteiger partial charge on any atom is 0.387 e. The molecule has 0 radical (unpaired) electrons. The van der Waals surface area contributed by atoms with Gasteiger partial charge in [-0.25, -0.2) is 4.98 Å². The molecule has 0 amide bonds. The van der Waals surface area contributed by atoms with Gasteiger partial charge in [-0.05, 0) is 17.7 Å². The van der Waals surface area contributed by atoms with Gasteiger partial charge in [-0.1, -0.05) is 42.5 Å². The Balaban J connectivity index is 1.76. The lowest BCUT2D eigenvalue weighted by Gasteiger charge is -2.07. The molecule has 0 saturated carbocycles. The van der Waals surface area contributed by atoms with E-state index in [4.69, 9.17) is 0 Å². The lowest BCUT2D eigenvalue weighted by atomic mass is 10.1. The van der Waals surface area contributed by atoms with Crippen LogP contribution < -0.4 is 10.3 Å². The van der Waals surface area contributed by atoms with Crippen molar-refractivity contribution in [2.75, 3.05) is 0 Å². The van der Waals surface area contributed by atoms with Crippen LogP contribution >= 0.6 is 11.3 Å². The lowest BCUT2D eigenvalue weighted by molar-refractivity contribution is -0.0499. The predicted molar refractivity (Wildman–Crippen MR) is 105 cm³/mol. The van der Waals surface area contributed by atoms with Crippen molar-refractivity contribution in [1.82, 2.24) is 9.66 Å². The minimum atomic E-state index is -2.95. The topological polar surface area (TPSA) is 56.5 Å². The average molecular weight is 397 g/mol. The fraction of sp³-hybridized carbons (Fsp3) is 0.0500. The number of hydrogen-bond donors (Lipinski definition) is 0. The van der Waals surface area contributed by atoms with Crippen molar-refractivity contribution < 1.29 is 13.5 Å². The van der Waals surface area contributed by atoms with E-state index in [1.807, 2.05) is 35.7 Å². The summed E-state index contributed by atoms with van der Waals surface area (Å²) in [5.41, 5.74) is 1.67. The molecule has 4 rings (SSSR count). The summed E-state index contributed by atoms with van der Waals surface area (Å²) in [5, 5.41) is 6.45. The van der Waals surface area contributed by atoms with Gasteiger partial charge in [-0.2, -0.15) is 18.6 Å². The van der Waals surface area contributed by atoms with E-state index in [9.17, 15) is 13.6 Å². The first kappa shape index (κ1) is 18.0. The van der Waals surface area contributed by atoms with E-state index in [1.165, 1.54) is 29.9 Å². The second-order valence-corrected chi connectivity index (χ2v) is 6.61. The molecule has 0 spiro atoms. The molecule has 0 aliphatic rings. The van der Waals surface area contributed by atoms with Crippen LogP contribution in [-0.4, -0.2) is 22.5 Å². The summed E-state index contributed by atoms with van der Waals surface area (Å²) < 4.78 is 30.6. The zero-order chi connectivity index (χ0) is 19.5. The second-order valence-electron chi connectivity index (χ2n) is 5.75. The summed E-state index contributed by atoms with van der Waals surface area (Å²) in [6.45, 7) is -2.95. The van der Waals surface area contributed by atoms with Gasteiger partial charge in [0.2, 0.25) is 0 Å². The molecule has 5 nitrogen and oxygen atoms in total. The van der Waals surface area contributed by atoms with Gasteiger partial charge >= 0.3 is 6.61 Å². The van der Waals surface area contributed by atoms with Gasteiger partial charge < -0.3 is 4.74 Å². The first-order chi connectivity index (χ1) is 13.6. The molecule has 2 aromatic heterocycles. The highest BCUT2D eigenvalue weighted by atomic mass is 32.1. The summed E-state index contributed by atoms with van der Waals surface area (Å²) >= 11 is 1.38. The van der Waals surface area contributed by atoms with Gasteiger partial charge in [-0.15, -0.1) is 11.3 Å². The third kappa shape index (κ3) is 3.54. The number of hydrogen-bond acceptors (Lipinski definition) is 5. The smallest absolute Gasteiger partial charge is 0.387 e. The zero-order valence-corrected chi connectivity index (χ0v) is 15.1. The number of alkyl halides is 2. The van der Waals surface area contributed by atoms with E-state index in [0.717, 1.165) is 15.8 Å². The fourth-order valence-electron chi connectivity index (χ4n) is 2.75. The number of ether oxygens (including phenoxy) is 1. The number of fused-ring (bicyclic) bond motifs is 1. The van der Waals surface area contributed by atoms with Crippen LogP contribution in [0.15, 0.2) is 76.2 Å². The molecule has 140 valence electrons. The number of thiophene rings is 1. The van der Waals surface area contributed by atoms with Crippen molar-refractivity contribution in [3.63, 3.8) is 0 Å². The Morgan fingerprint density at radius 3 is 2.64 bits per heavy atom. The lowest BCUT2D eigenvalue weighted by Crippen LogP contribution is -2.17. The monoisotopic (exact) mass is 397 g/mol. The van der Waals surface area contributed by atoms with Crippen molar-refractivity contribution >= 4 is 27.8 Å². The third-order valence-corrected chi connectivity index (χ3v) is 4.91. The minimum absolute atomic E-state index is 0.0242. The Morgan fingerprint density at radius 1 is 1.11 bits per heavy atom. The van der Waals surface area contributed by atoms with Gasteiger partial charge in [0.05, 0.1) is 11.6 Å². The molecule has 0 aliphatic carbocycles. The van der Waals surface area contributed by atoms with E-state index in [2.05, 4.69) is 14.8 Å². The number of halogens is 2. The van der Waals surface area contributed by atoms with Gasteiger partial charge in [0.1, 0.15) is 16.9 Å². The van der Waals surface area contributed by atoms with Crippen molar-refractivity contribution in [2.24, 2.45) is 5.10 Å². The first-order valence-corrected chi connectivity index (χ1v) is 9.14. The highest BCUT2D eigenvalue weighted by Crippen LogP contribution is 2.30. The van der Waals surface area contributed by atoms with Crippen LogP contribution in [0.4, 0.5) is 8.78 Å². The molecule has 0 aliphatic heterocycles. The Hall–Kier alpha value is -3.39. The minimum Gasteiger partial charge on any atom is -0.434 e. The largest absolute Gasteiger partial charge is 0.434 e. The Labute approximate surface area is 162 Å². The van der Waals surface area contributed by atoms with Crippen molar-refractivity contribution in [3.05, 3.63) is 82.2 Å². The Morgan fingerprint density at radius 2 is 1.86 bits per heavy atom. The van der Waals surface area contributed by atoms with Gasteiger partial charge in [0.25, 0.3) is 5.56 Å². The number of benzene rings is 2. The van der Waals surface area contributed by atoms with Crippen LogP contribution in [0.25, 0.3) is 21.3 Å². The second kappa shape index (κ2) is 7.69. The van der Waals surface area contributed by atoms with Crippen LogP contribution in [-0.2, 0) is 0 Å². The summed E-state index contributed by atoms with van der Waals surface area (Å²) in [7, 11) is 0. The molecule has 2 aromatic carbocycles. The van der Waals surface area contributed by atoms with E-state index in [0.29, 0.717) is 15.8 Å². The Kier molecular flexibility index (Phi) is 4.94. The molecule has 0 unspecified atom stereocenters. The maximum absolute atomic E-state index is 12.9. The normalized spacial score (nSPS) is 11.5. The molecular weight excluding hydrogens is 384 g/mol. The number of nitrogens with zero attached hydrogens (tertiary/aromatic N) is 3. The van der Waals surface area contributed by atoms with E-state index in [-0.39, 0.29) is 11.3 Å². The summed E-state index contributed by atoms with van der Waals surface area (Å²) in [6.07, 6.45) is 2.60. The molecule has 0 atom stereocenters. The van der Waals surface area contributed by atoms with Crippen molar-refractivity contribution in [2.45, 2.75) is 6.61 Å². The van der Waals surface area contributed by atoms with Gasteiger partial charge in [-0.3, -0.25) is 4.79 Å². The molecule has 0 bridgehead atoms. The first-order valence-electron chi connectivity index (χ1n) is 8.26. The van der Waals surface area contributed by atoms with Gasteiger partial charge in [0.15, 0.2) is 0 Å². The molecule has 0 fully saturated rings. The molecular formula is C20H13F2N3O2S. The highest BCUT2D eigenvalue weighted by molar-refractivity contribution is 7.17. The molecule has 4 aromatic rings. The summed E-state index contributed by atoms with van der Waals surface area (Å²) in [4.78, 5) is 17.8. The summed E-state index contributed by atoms with van der Waals surface area (Å²) in [6, 6.07) is 15.7. The highest BCUT2D eigenvalue weighted by Gasteiger charge is 2.13. The molecule has 28 heavy (non-hydrogen) atoms. The SMILES string of the molecule is O=c1c2c(-c3ccccc3)csc2ncn1/N=C/c1ccccc1OC(F)F. The van der Waals surface area contributed by atoms with Crippen molar-refractivity contribution in [1.29, 1.82) is 0 Å².